The summed E-state index contributed by atoms with van der Waals surface area (Å²) in [5, 5.41) is 16.9. The van der Waals surface area contributed by atoms with Crippen molar-refractivity contribution in [2.75, 3.05) is 38.3 Å². The maximum atomic E-state index is 11.7. The lowest BCUT2D eigenvalue weighted by Crippen LogP contribution is -2.41. The number of pyridine rings is 2. The van der Waals surface area contributed by atoms with Gasteiger partial charge in [-0.3, -0.25) is 4.98 Å². The summed E-state index contributed by atoms with van der Waals surface area (Å²) in [5.74, 6) is 1.07. The largest absolute Gasteiger partial charge is 0.461 e. The Bertz CT molecular complexity index is 1200. The van der Waals surface area contributed by atoms with Crippen molar-refractivity contribution in [1.82, 2.24) is 15.3 Å². The van der Waals surface area contributed by atoms with Crippen molar-refractivity contribution in [1.29, 1.82) is 5.26 Å². The van der Waals surface area contributed by atoms with Crippen molar-refractivity contribution in [2.24, 2.45) is 11.3 Å². The van der Waals surface area contributed by atoms with E-state index in [-0.39, 0.29) is 24.7 Å². The molecular formula is C33H47N5O4. The van der Waals surface area contributed by atoms with Gasteiger partial charge in [-0.1, -0.05) is 6.07 Å². The van der Waals surface area contributed by atoms with E-state index in [1.165, 1.54) is 0 Å². The van der Waals surface area contributed by atoms with Gasteiger partial charge in [0.15, 0.2) is 0 Å². The number of rotatable bonds is 13. The molecule has 2 aliphatic rings. The first-order chi connectivity index (χ1) is 20.2. The summed E-state index contributed by atoms with van der Waals surface area (Å²) in [7, 11) is 0. The number of ether oxygens (including phenoxy) is 3. The lowest BCUT2D eigenvalue weighted by atomic mass is 9.82. The molecule has 0 spiro atoms. The number of carbonyl (C=O) groups excluding carboxylic acids is 1. The molecule has 0 unspecified atom stereocenters. The molecule has 1 saturated carbocycles. The van der Waals surface area contributed by atoms with Gasteiger partial charge in [0.05, 0.1) is 29.9 Å². The minimum Gasteiger partial charge on any atom is -0.461 e. The smallest absolute Gasteiger partial charge is 0.332 e. The van der Waals surface area contributed by atoms with Crippen LogP contribution in [0.4, 0.5) is 5.82 Å². The van der Waals surface area contributed by atoms with Crippen LogP contribution in [0, 0.1) is 29.6 Å². The van der Waals surface area contributed by atoms with E-state index in [1.807, 2.05) is 38.2 Å². The highest BCUT2D eigenvalue weighted by atomic mass is 16.6. The van der Waals surface area contributed by atoms with Gasteiger partial charge in [-0.15, -0.1) is 0 Å². The number of aromatic nitrogens is 2. The van der Waals surface area contributed by atoms with Gasteiger partial charge in [0.1, 0.15) is 12.4 Å². The first kappa shape index (κ1) is 31.9. The molecule has 1 saturated heterocycles. The molecule has 1 atom stereocenters. The summed E-state index contributed by atoms with van der Waals surface area (Å²) in [6.07, 6.45) is 8.83. The summed E-state index contributed by atoms with van der Waals surface area (Å²) in [6, 6.07) is 11.4. The molecule has 2 aromatic heterocycles. The highest BCUT2D eigenvalue weighted by Crippen LogP contribution is 2.31. The van der Waals surface area contributed by atoms with Gasteiger partial charge >= 0.3 is 5.97 Å². The number of anilines is 1. The van der Waals surface area contributed by atoms with E-state index < -0.39 is 5.41 Å². The summed E-state index contributed by atoms with van der Waals surface area (Å²) in [4.78, 5) is 21.3. The van der Waals surface area contributed by atoms with E-state index in [0.717, 1.165) is 73.3 Å². The monoisotopic (exact) mass is 577 g/mol. The lowest BCUT2D eigenvalue weighted by Gasteiger charge is -2.31. The molecule has 2 fully saturated rings. The van der Waals surface area contributed by atoms with E-state index in [4.69, 9.17) is 24.2 Å². The van der Waals surface area contributed by atoms with Crippen molar-refractivity contribution in [3.8, 4) is 17.3 Å². The molecule has 2 N–H and O–H groups in total. The first-order valence-electron chi connectivity index (χ1n) is 15.4. The fourth-order valence-electron chi connectivity index (χ4n) is 5.88. The molecule has 0 amide bonds. The summed E-state index contributed by atoms with van der Waals surface area (Å²) in [6.45, 7) is 10.2. The Morgan fingerprint density at radius 2 is 1.95 bits per heavy atom. The Hall–Kier alpha value is -3.06. The first-order valence-corrected chi connectivity index (χ1v) is 15.4. The van der Waals surface area contributed by atoms with Crippen LogP contribution < -0.4 is 10.6 Å². The fourth-order valence-corrected chi connectivity index (χ4v) is 5.88. The molecule has 3 heterocycles. The van der Waals surface area contributed by atoms with Crippen molar-refractivity contribution in [3.05, 3.63) is 41.7 Å². The number of esters is 1. The Balaban J connectivity index is 1.26. The highest BCUT2D eigenvalue weighted by Gasteiger charge is 2.32. The van der Waals surface area contributed by atoms with Crippen molar-refractivity contribution in [2.45, 2.75) is 90.8 Å². The van der Waals surface area contributed by atoms with Crippen LogP contribution in [-0.2, 0) is 25.4 Å². The quantitative estimate of drug-likeness (QED) is 0.308. The standard InChI is InChI=1S/C33H47N5O4/c1-23(2)42-32(39)20-41-19-25(4)37-27-10-8-26(9-11-27)16-28-17-29(24(3)18-35-28)30-6-5-7-31(38-30)36-22-33(21-34)12-14-40-15-13-33/h5-7,17-18,23,25-27,37H,8-16,19-20,22H2,1-4H3,(H,36,38)/t25-,26?,27?/m0/s1. The van der Waals surface area contributed by atoms with Crippen molar-refractivity contribution < 1.29 is 19.0 Å². The molecule has 4 rings (SSSR count). The van der Waals surface area contributed by atoms with Crippen LogP contribution in [-0.4, -0.2) is 67.1 Å². The Morgan fingerprint density at radius 3 is 2.67 bits per heavy atom. The van der Waals surface area contributed by atoms with Crippen LogP contribution in [0.1, 0.15) is 70.6 Å². The van der Waals surface area contributed by atoms with Gasteiger partial charge in [0.25, 0.3) is 0 Å². The number of hydrogen-bond donors (Lipinski definition) is 2. The second kappa shape index (κ2) is 15.4. The van der Waals surface area contributed by atoms with Gasteiger partial charge in [0.2, 0.25) is 0 Å². The molecule has 228 valence electrons. The van der Waals surface area contributed by atoms with E-state index >= 15 is 0 Å². The number of nitriles is 1. The second-order valence-electron chi connectivity index (χ2n) is 12.3. The predicted molar refractivity (Wildman–Crippen MR) is 163 cm³/mol. The van der Waals surface area contributed by atoms with E-state index in [2.05, 4.69) is 36.6 Å². The van der Waals surface area contributed by atoms with E-state index in [9.17, 15) is 10.1 Å². The van der Waals surface area contributed by atoms with Crippen molar-refractivity contribution >= 4 is 11.8 Å². The van der Waals surface area contributed by atoms with Crippen LogP contribution in [0.15, 0.2) is 30.5 Å². The van der Waals surface area contributed by atoms with Gasteiger partial charge in [0, 0.05) is 49.3 Å². The number of hydrogen-bond acceptors (Lipinski definition) is 9. The molecule has 2 aromatic rings. The van der Waals surface area contributed by atoms with Crippen LogP contribution in [0.2, 0.25) is 0 Å². The van der Waals surface area contributed by atoms with Crippen LogP contribution >= 0.6 is 0 Å². The van der Waals surface area contributed by atoms with E-state index in [1.54, 1.807) is 0 Å². The highest BCUT2D eigenvalue weighted by molar-refractivity contribution is 5.70. The zero-order chi connectivity index (χ0) is 30.0. The topological polar surface area (TPSA) is 118 Å². The predicted octanol–water partition coefficient (Wildman–Crippen LogP) is 5.23. The fraction of sp³-hybridized carbons (Fsp3) is 0.636. The molecule has 0 bridgehead atoms. The SMILES string of the molecule is Cc1cnc(CC2CCC(N[C@@H](C)COCC(=O)OC(C)C)CC2)cc1-c1cccc(NCC2(C#N)CCOCC2)n1. The molecule has 1 aliphatic carbocycles. The summed E-state index contributed by atoms with van der Waals surface area (Å²) < 4.78 is 16.1. The average Bonchev–Trinajstić information content (AvgIpc) is 2.98. The number of nitrogens with one attached hydrogen (secondary N) is 2. The van der Waals surface area contributed by atoms with Gasteiger partial charge < -0.3 is 24.8 Å². The molecule has 9 nitrogen and oxygen atoms in total. The second-order valence-corrected chi connectivity index (χ2v) is 12.3. The lowest BCUT2D eigenvalue weighted by molar-refractivity contribution is -0.152. The molecule has 0 aromatic carbocycles. The maximum Gasteiger partial charge on any atom is 0.332 e. The van der Waals surface area contributed by atoms with Gasteiger partial charge in [-0.25, -0.2) is 9.78 Å². The molecular weight excluding hydrogens is 530 g/mol. The minimum atomic E-state index is -0.404. The molecule has 1 aliphatic heterocycles. The molecule has 9 heteroatoms. The van der Waals surface area contributed by atoms with Gasteiger partial charge in [-0.2, -0.15) is 5.26 Å². The maximum absolute atomic E-state index is 11.7. The van der Waals surface area contributed by atoms with E-state index in [0.29, 0.717) is 38.3 Å². The minimum absolute atomic E-state index is 0.00344. The Labute approximate surface area is 250 Å². The van der Waals surface area contributed by atoms with Crippen molar-refractivity contribution in [3.63, 3.8) is 0 Å². The zero-order valence-corrected chi connectivity index (χ0v) is 25.7. The zero-order valence-electron chi connectivity index (χ0n) is 25.7. The normalized spacial score (nSPS) is 21.0. The van der Waals surface area contributed by atoms with Crippen LogP contribution in [0.25, 0.3) is 11.3 Å². The third-order valence-electron chi connectivity index (χ3n) is 8.30. The number of carbonyl (C=O) groups is 1. The summed E-state index contributed by atoms with van der Waals surface area (Å²) in [5.41, 5.74) is 3.82. The summed E-state index contributed by atoms with van der Waals surface area (Å²) >= 11 is 0. The average molecular weight is 578 g/mol. The Kier molecular flexibility index (Phi) is 11.7. The third kappa shape index (κ3) is 9.48. The number of aryl methyl sites for hydroxylation is 1. The third-order valence-corrected chi connectivity index (χ3v) is 8.30. The molecule has 0 radical (unpaired) electrons. The number of nitrogens with zero attached hydrogens (tertiary/aromatic N) is 3. The molecule has 42 heavy (non-hydrogen) atoms. The van der Waals surface area contributed by atoms with Crippen LogP contribution in [0.5, 0.6) is 0 Å². The van der Waals surface area contributed by atoms with Crippen LogP contribution in [0.3, 0.4) is 0 Å². The Morgan fingerprint density at radius 1 is 1.19 bits per heavy atom. The van der Waals surface area contributed by atoms with Gasteiger partial charge in [-0.05, 0) is 102 Å².